The Balaban J connectivity index is 1.49. The van der Waals surface area contributed by atoms with E-state index < -0.39 is 35.0 Å². The van der Waals surface area contributed by atoms with E-state index >= 15 is 0 Å². The molecule has 2 heterocycles. The van der Waals surface area contributed by atoms with Gasteiger partial charge in [0.2, 0.25) is 11.8 Å². The molecule has 1 aliphatic carbocycles. The fourth-order valence-electron chi connectivity index (χ4n) is 5.63. The summed E-state index contributed by atoms with van der Waals surface area (Å²) in [5, 5.41) is 17.7. The van der Waals surface area contributed by atoms with Crippen LogP contribution in [0.4, 0.5) is 0 Å². The standard InChI is InChI=1S/C27H36ClN3O5/c1-26(2,3)23(29-22(32)12-17-8-5-4-6-9-17)24(33)31-16-27(15-21(31)25(34)35)14-20(30-36-27)18-10-7-11-19(28)13-18/h7,10-11,13,17,21,23H,4-6,8-9,12,14-16H2,1-3H3,(H,29,32)(H,34,35)/t21?,23-,27-/m1/s1. The Morgan fingerprint density at radius 2 is 1.97 bits per heavy atom. The highest BCUT2D eigenvalue weighted by Crippen LogP contribution is 2.40. The van der Waals surface area contributed by atoms with Crippen molar-refractivity contribution in [3.63, 3.8) is 0 Å². The molecule has 1 unspecified atom stereocenters. The Kier molecular flexibility index (Phi) is 7.64. The predicted octanol–water partition coefficient (Wildman–Crippen LogP) is 4.39. The molecule has 9 heteroatoms. The van der Waals surface area contributed by atoms with E-state index in [1.807, 2.05) is 32.9 Å². The molecule has 1 aromatic carbocycles. The number of nitrogens with zero attached hydrogens (tertiary/aromatic N) is 2. The Labute approximate surface area is 217 Å². The third kappa shape index (κ3) is 5.85. The first-order valence-corrected chi connectivity index (χ1v) is 13.2. The van der Waals surface area contributed by atoms with Crippen LogP contribution in [-0.2, 0) is 19.2 Å². The summed E-state index contributed by atoms with van der Waals surface area (Å²) in [5.41, 5.74) is -0.0511. The maximum Gasteiger partial charge on any atom is 0.326 e. The van der Waals surface area contributed by atoms with Gasteiger partial charge in [0.25, 0.3) is 0 Å². The molecule has 3 aliphatic rings. The highest BCUT2D eigenvalue weighted by Gasteiger charge is 2.55. The zero-order valence-electron chi connectivity index (χ0n) is 21.3. The summed E-state index contributed by atoms with van der Waals surface area (Å²) in [6.45, 7) is 5.72. The van der Waals surface area contributed by atoms with E-state index in [0.717, 1.165) is 31.2 Å². The Hall–Kier alpha value is -2.61. The van der Waals surface area contributed by atoms with E-state index in [9.17, 15) is 19.5 Å². The number of hydrogen-bond donors (Lipinski definition) is 2. The van der Waals surface area contributed by atoms with Crippen LogP contribution >= 0.6 is 11.6 Å². The van der Waals surface area contributed by atoms with Gasteiger partial charge in [-0.1, -0.05) is 68.9 Å². The lowest BCUT2D eigenvalue weighted by Crippen LogP contribution is -2.57. The minimum absolute atomic E-state index is 0.0848. The van der Waals surface area contributed by atoms with Crippen LogP contribution in [0.25, 0.3) is 0 Å². The summed E-state index contributed by atoms with van der Waals surface area (Å²) in [4.78, 5) is 46.1. The van der Waals surface area contributed by atoms with Crippen molar-refractivity contribution in [2.75, 3.05) is 6.54 Å². The second-order valence-corrected chi connectivity index (χ2v) is 12.0. The predicted molar refractivity (Wildman–Crippen MR) is 137 cm³/mol. The van der Waals surface area contributed by atoms with Crippen LogP contribution < -0.4 is 5.32 Å². The maximum absolute atomic E-state index is 13.8. The number of carbonyl (C=O) groups excluding carboxylic acids is 2. The number of hydrogen-bond acceptors (Lipinski definition) is 5. The highest BCUT2D eigenvalue weighted by molar-refractivity contribution is 6.31. The minimum Gasteiger partial charge on any atom is -0.480 e. The second kappa shape index (κ2) is 10.4. The Bertz CT molecular complexity index is 1050. The molecule has 2 N–H and O–H groups in total. The van der Waals surface area contributed by atoms with E-state index in [2.05, 4.69) is 10.5 Å². The molecule has 1 aromatic rings. The Morgan fingerprint density at radius 1 is 1.25 bits per heavy atom. The monoisotopic (exact) mass is 517 g/mol. The third-order valence-corrected chi connectivity index (χ3v) is 7.82. The summed E-state index contributed by atoms with van der Waals surface area (Å²) >= 11 is 6.12. The number of carbonyl (C=O) groups is 3. The summed E-state index contributed by atoms with van der Waals surface area (Å²) in [6, 6.07) is 5.33. The molecule has 196 valence electrons. The molecule has 2 aliphatic heterocycles. The molecule has 1 saturated carbocycles. The number of aliphatic carboxylic acids is 1. The molecule has 1 spiro atoms. The van der Waals surface area contributed by atoms with Gasteiger partial charge in [0.15, 0.2) is 5.60 Å². The van der Waals surface area contributed by atoms with Crippen LogP contribution in [0.2, 0.25) is 5.02 Å². The highest BCUT2D eigenvalue weighted by atomic mass is 35.5. The molecule has 3 atom stereocenters. The van der Waals surface area contributed by atoms with Gasteiger partial charge < -0.3 is 20.2 Å². The second-order valence-electron chi connectivity index (χ2n) is 11.6. The third-order valence-electron chi connectivity index (χ3n) is 7.58. The van der Waals surface area contributed by atoms with E-state index in [0.29, 0.717) is 29.5 Å². The van der Waals surface area contributed by atoms with E-state index in [4.69, 9.17) is 16.4 Å². The van der Waals surface area contributed by atoms with E-state index in [-0.39, 0.29) is 18.9 Å². The van der Waals surface area contributed by atoms with Crippen LogP contribution in [0, 0.1) is 11.3 Å². The number of oxime groups is 1. The van der Waals surface area contributed by atoms with E-state index in [1.165, 1.54) is 11.3 Å². The van der Waals surface area contributed by atoms with Crippen molar-refractivity contribution in [1.82, 2.24) is 10.2 Å². The van der Waals surface area contributed by atoms with Crippen LogP contribution in [0.3, 0.4) is 0 Å². The number of carboxylic acids is 1. The van der Waals surface area contributed by atoms with Crippen LogP contribution in [-0.4, -0.2) is 57.7 Å². The number of carboxylic acid groups (broad SMARTS) is 1. The topological polar surface area (TPSA) is 108 Å². The minimum atomic E-state index is -1.10. The molecule has 1 saturated heterocycles. The van der Waals surface area contributed by atoms with Crippen molar-refractivity contribution < 1.29 is 24.3 Å². The molecular weight excluding hydrogens is 482 g/mol. The van der Waals surface area contributed by atoms with Crippen molar-refractivity contribution in [1.29, 1.82) is 0 Å². The lowest BCUT2D eigenvalue weighted by molar-refractivity contribution is -0.150. The van der Waals surface area contributed by atoms with Gasteiger partial charge in [-0.15, -0.1) is 0 Å². The van der Waals surface area contributed by atoms with Crippen molar-refractivity contribution in [3.8, 4) is 0 Å². The first-order chi connectivity index (χ1) is 17.0. The molecule has 2 fully saturated rings. The van der Waals surface area contributed by atoms with Gasteiger partial charge in [0.1, 0.15) is 12.1 Å². The fraction of sp³-hybridized carbons (Fsp3) is 0.630. The molecule has 8 nitrogen and oxygen atoms in total. The van der Waals surface area contributed by atoms with Crippen LogP contribution in [0.5, 0.6) is 0 Å². The maximum atomic E-state index is 13.8. The summed E-state index contributed by atoms with van der Waals surface area (Å²) in [7, 11) is 0. The number of amides is 2. The molecule has 0 bridgehead atoms. The number of nitrogens with one attached hydrogen (secondary N) is 1. The number of rotatable bonds is 6. The summed E-state index contributed by atoms with van der Waals surface area (Å²) < 4.78 is 0. The zero-order valence-corrected chi connectivity index (χ0v) is 22.0. The lowest BCUT2D eigenvalue weighted by Gasteiger charge is -2.35. The number of likely N-dealkylation sites (tertiary alicyclic amines) is 1. The first kappa shape index (κ1) is 26.5. The quantitative estimate of drug-likeness (QED) is 0.581. The number of benzene rings is 1. The summed E-state index contributed by atoms with van der Waals surface area (Å²) in [6.07, 6.45) is 6.42. The lowest BCUT2D eigenvalue weighted by atomic mass is 9.84. The largest absolute Gasteiger partial charge is 0.480 e. The van der Waals surface area contributed by atoms with Crippen LogP contribution in [0.1, 0.15) is 77.7 Å². The van der Waals surface area contributed by atoms with Gasteiger partial charge in [-0.3, -0.25) is 9.59 Å². The first-order valence-electron chi connectivity index (χ1n) is 12.8. The van der Waals surface area contributed by atoms with Gasteiger partial charge in [-0.05, 0) is 36.3 Å². The van der Waals surface area contributed by atoms with Crippen molar-refractivity contribution in [3.05, 3.63) is 34.9 Å². The summed E-state index contributed by atoms with van der Waals surface area (Å²) in [5.74, 6) is -1.31. The Morgan fingerprint density at radius 3 is 2.61 bits per heavy atom. The molecule has 36 heavy (non-hydrogen) atoms. The fourth-order valence-corrected chi connectivity index (χ4v) is 5.82. The average molecular weight is 518 g/mol. The van der Waals surface area contributed by atoms with Crippen molar-refractivity contribution in [2.45, 2.75) is 89.8 Å². The molecule has 4 rings (SSSR count). The van der Waals surface area contributed by atoms with Gasteiger partial charge >= 0.3 is 5.97 Å². The molecule has 0 aromatic heterocycles. The van der Waals surface area contributed by atoms with Gasteiger partial charge in [-0.2, -0.15) is 0 Å². The van der Waals surface area contributed by atoms with Crippen molar-refractivity contribution >= 4 is 35.1 Å². The van der Waals surface area contributed by atoms with Gasteiger partial charge in [0, 0.05) is 29.8 Å². The molecule has 0 radical (unpaired) electrons. The van der Waals surface area contributed by atoms with Crippen LogP contribution in [0.15, 0.2) is 29.4 Å². The molecule has 2 amide bonds. The van der Waals surface area contributed by atoms with Gasteiger partial charge in [0.05, 0.1) is 12.3 Å². The van der Waals surface area contributed by atoms with E-state index in [1.54, 1.807) is 12.1 Å². The SMILES string of the molecule is CC(C)(C)[C@H](NC(=O)CC1CCCCC1)C(=O)N1C[C@@]2(CC(c3cccc(Cl)c3)=NO2)CC1C(=O)O. The van der Waals surface area contributed by atoms with Gasteiger partial charge in [-0.25, -0.2) is 4.79 Å². The molecular formula is C27H36ClN3O5. The van der Waals surface area contributed by atoms with Crippen molar-refractivity contribution in [2.24, 2.45) is 16.5 Å². The smallest absolute Gasteiger partial charge is 0.326 e. The zero-order chi connectivity index (χ0) is 26.1. The average Bonchev–Trinajstić information content (AvgIpc) is 3.41. The number of halogens is 1. The normalized spacial score (nSPS) is 25.4.